The smallest absolute Gasteiger partial charge is 0.0624 e. The first-order valence-electron chi connectivity index (χ1n) is 9.02. The van der Waals surface area contributed by atoms with Crippen molar-refractivity contribution in [2.24, 2.45) is 23.2 Å². The van der Waals surface area contributed by atoms with Crippen molar-refractivity contribution < 1.29 is 0 Å². The largest absolute Gasteiger partial charge is 0.198 e. The maximum Gasteiger partial charge on any atom is 0.0624 e. The van der Waals surface area contributed by atoms with Gasteiger partial charge in [0.15, 0.2) is 0 Å². The van der Waals surface area contributed by atoms with E-state index in [0.717, 1.165) is 18.3 Å². The van der Waals surface area contributed by atoms with E-state index in [4.69, 9.17) is 5.26 Å². The van der Waals surface area contributed by atoms with Gasteiger partial charge in [-0.1, -0.05) is 18.6 Å². The fourth-order valence-corrected chi connectivity index (χ4v) is 6.19. The van der Waals surface area contributed by atoms with Gasteiger partial charge in [0.1, 0.15) is 0 Å². The fourth-order valence-electron chi connectivity index (χ4n) is 6.19. The summed E-state index contributed by atoms with van der Waals surface area (Å²) in [6.45, 7) is 2.51. The van der Waals surface area contributed by atoms with Crippen molar-refractivity contribution in [3.63, 3.8) is 0 Å². The van der Waals surface area contributed by atoms with E-state index in [2.05, 4.69) is 19.1 Å². The zero-order valence-corrected chi connectivity index (χ0v) is 13.3. The number of nitrogens with zero attached hydrogens (tertiary/aromatic N) is 1. The van der Waals surface area contributed by atoms with Crippen molar-refractivity contribution in [2.75, 3.05) is 0 Å². The van der Waals surface area contributed by atoms with Crippen molar-refractivity contribution in [3.8, 4) is 6.07 Å². The maximum atomic E-state index is 9.15. The third-order valence-corrected chi connectivity index (χ3v) is 7.33. The van der Waals surface area contributed by atoms with Crippen molar-refractivity contribution in [1.29, 1.82) is 5.26 Å². The minimum atomic E-state index is 0.459. The molecule has 4 aliphatic carbocycles. The van der Waals surface area contributed by atoms with E-state index in [9.17, 15) is 0 Å². The van der Waals surface area contributed by atoms with E-state index < -0.39 is 0 Å². The molecular weight excluding hydrogens is 254 g/mol. The van der Waals surface area contributed by atoms with Crippen LogP contribution in [-0.2, 0) is 0 Å². The molecule has 0 aromatic carbocycles. The molecule has 0 bridgehead atoms. The van der Waals surface area contributed by atoms with E-state index in [1.165, 1.54) is 57.8 Å². The summed E-state index contributed by atoms with van der Waals surface area (Å²) in [7, 11) is 0. The maximum absolute atomic E-state index is 9.15. The summed E-state index contributed by atoms with van der Waals surface area (Å²) in [4.78, 5) is 0. The third kappa shape index (κ3) is 1.95. The van der Waals surface area contributed by atoms with Crippen LogP contribution < -0.4 is 0 Å². The van der Waals surface area contributed by atoms with Crippen LogP contribution in [-0.4, -0.2) is 0 Å². The Bertz CT molecular complexity index is 547. The van der Waals surface area contributed by atoms with Gasteiger partial charge in [0, 0.05) is 6.42 Å². The van der Waals surface area contributed by atoms with Gasteiger partial charge in [-0.2, -0.15) is 5.26 Å². The average Bonchev–Trinajstić information content (AvgIpc) is 2.84. The van der Waals surface area contributed by atoms with Gasteiger partial charge < -0.3 is 0 Å². The number of nitriles is 1. The molecule has 112 valence electrons. The molecule has 1 nitrogen and oxygen atoms in total. The van der Waals surface area contributed by atoms with Crippen molar-refractivity contribution in [1.82, 2.24) is 0 Å². The van der Waals surface area contributed by atoms with Gasteiger partial charge in [-0.15, -0.1) is 0 Å². The second-order valence-corrected chi connectivity index (χ2v) is 8.02. The predicted molar refractivity (Wildman–Crippen MR) is 85.5 cm³/mol. The Morgan fingerprint density at radius 2 is 2.14 bits per heavy atom. The highest BCUT2D eigenvalue weighted by Crippen LogP contribution is 2.62. The average molecular weight is 281 g/mol. The Morgan fingerprint density at radius 1 is 1.24 bits per heavy atom. The number of allylic oxidation sites excluding steroid dienone is 4. The number of hydrogen-bond donors (Lipinski definition) is 0. The molecule has 2 fully saturated rings. The first-order chi connectivity index (χ1) is 10.2. The van der Waals surface area contributed by atoms with Crippen LogP contribution in [0.4, 0.5) is 0 Å². The lowest BCUT2D eigenvalue weighted by atomic mass is 9.56. The lowest BCUT2D eigenvalue weighted by Crippen LogP contribution is -2.39. The molecule has 0 N–H and O–H groups in total. The molecule has 0 saturated heterocycles. The quantitative estimate of drug-likeness (QED) is 0.618. The van der Waals surface area contributed by atoms with Crippen molar-refractivity contribution in [3.05, 3.63) is 22.8 Å². The molecule has 0 amide bonds. The first kappa shape index (κ1) is 13.6. The highest BCUT2D eigenvalue weighted by atomic mass is 14.6. The molecule has 4 aliphatic rings. The van der Waals surface area contributed by atoms with Gasteiger partial charge >= 0.3 is 0 Å². The minimum absolute atomic E-state index is 0.459. The van der Waals surface area contributed by atoms with Gasteiger partial charge in [-0.3, -0.25) is 0 Å². The lowest BCUT2D eigenvalue weighted by molar-refractivity contribution is 0.0769. The molecule has 1 heteroatoms. The minimum Gasteiger partial charge on any atom is -0.198 e. The summed E-state index contributed by atoms with van der Waals surface area (Å²) >= 11 is 0. The molecular formula is C20H27N. The van der Waals surface area contributed by atoms with Gasteiger partial charge in [0.05, 0.1) is 6.07 Å². The zero-order valence-electron chi connectivity index (χ0n) is 13.3. The molecule has 4 atom stereocenters. The summed E-state index contributed by atoms with van der Waals surface area (Å²) in [5, 5.41) is 9.15. The van der Waals surface area contributed by atoms with Crippen molar-refractivity contribution >= 4 is 0 Å². The van der Waals surface area contributed by atoms with Crippen molar-refractivity contribution in [2.45, 2.75) is 71.1 Å². The molecule has 0 radical (unpaired) electrons. The van der Waals surface area contributed by atoms with E-state index in [-0.39, 0.29) is 0 Å². The van der Waals surface area contributed by atoms with Crippen LogP contribution in [0.25, 0.3) is 0 Å². The summed E-state index contributed by atoms with van der Waals surface area (Å²) in [5.41, 5.74) is 5.80. The topological polar surface area (TPSA) is 23.8 Å². The number of rotatable bonds is 1. The van der Waals surface area contributed by atoms with Crippen LogP contribution in [0.5, 0.6) is 0 Å². The molecule has 0 spiro atoms. The Balaban J connectivity index is 1.68. The van der Waals surface area contributed by atoms with Gasteiger partial charge in [-0.25, -0.2) is 0 Å². The van der Waals surface area contributed by atoms with E-state index in [1.54, 1.807) is 11.1 Å². The van der Waals surface area contributed by atoms with Gasteiger partial charge in [0.25, 0.3) is 0 Å². The molecule has 0 heterocycles. The highest BCUT2D eigenvalue weighted by molar-refractivity contribution is 5.42. The third-order valence-electron chi connectivity index (χ3n) is 7.33. The number of hydrogen-bond acceptors (Lipinski definition) is 1. The van der Waals surface area contributed by atoms with E-state index in [1.807, 2.05) is 5.57 Å². The standard InChI is InChI=1S/C20H27N/c1-20-12-10-17-16-5-3-2-4-14(16)6-8-18(17)19(20)9-7-15(20)11-13-21/h4,15,18-19H,2-3,5-12H2,1H3/t15-,18-,19+,20-/m1/s1. The summed E-state index contributed by atoms with van der Waals surface area (Å²) in [6.07, 6.45) is 15.4. The molecule has 0 unspecified atom stereocenters. The van der Waals surface area contributed by atoms with Gasteiger partial charge in [-0.05, 0) is 92.1 Å². The van der Waals surface area contributed by atoms with E-state index in [0.29, 0.717) is 11.3 Å². The van der Waals surface area contributed by atoms with Crippen LogP contribution in [0.1, 0.15) is 71.1 Å². The summed E-state index contributed by atoms with van der Waals surface area (Å²) < 4.78 is 0. The van der Waals surface area contributed by atoms with Gasteiger partial charge in [0.2, 0.25) is 0 Å². The highest BCUT2D eigenvalue weighted by Gasteiger charge is 2.53. The summed E-state index contributed by atoms with van der Waals surface area (Å²) in [5.74, 6) is 2.40. The Kier molecular flexibility index (Phi) is 3.25. The Hall–Kier alpha value is -1.03. The predicted octanol–water partition coefficient (Wildman–Crippen LogP) is 5.54. The lowest BCUT2D eigenvalue weighted by Gasteiger charge is -2.49. The zero-order chi connectivity index (χ0) is 14.4. The van der Waals surface area contributed by atoms with Crippen LogP contribution in [0, 0.1) is 34.5 Å². The monoisotopic (exact) mass is 281 g/mol. The van der Waals surface area contributed by atoms with E-state index >= 15 is 0 Å². The second-order valence-electron chi connectivity index (χ2n) is 8.02. The molecule has 0 aliphatic heterocycles. The Morgan fingerprint density at radius 3 is 3.00 bits per heavy atom. The summed E-state index contributed by atoms with van der Waals surface area (Å²) in [6, 6.07) is 2.46. The molecule has 0 aromatic rings. The first-order valence-corrected chi connectivity index (χ1v) is 9.02. The molecule has 0 aromatic heterocycles. The molecule has 4 rings (SSSR count). The van der Waals surface area contributed by atoms with Crippen LogP contribution in [0.2, 0.25) is 0 Å². The molecule has 21 heavy (non-hydrogen) atoms. The van der Waals surface area contributed by atoms with Crippen LogP contribution >= 0.6 is 0 Å². The van der Waals surface area contributed by atoms with Crippen LogP contribution in [0.3, 0.4) is 0 Å². The molecule has 2 saturated carbocycles. The number of fused-ring (bicyclic) bond motifs is 4. The second kappa shape index (κ2) is 5.01. The normalized spacial score (nSPS) is 41.7. The fraction of sp³-hybridized carbons (Fsp3) is 0.750. The SMILES string of the molecule is C[C@]12CCC3=C4CCCC=C4CC[C@H]3[C@@H]1CC[C@@H]2CC#N. The Labute approximate surface area is 129 Å². The van der Waals surface area contributed by atoms with Crippen LogP contribution in [0.15, 0.2) is 22.8 Å².